The predicted molar refractivity (Wildman–Crippen MR) is 75.9 cm³/mol. The molecule has 0 bridgehead atoms. The molecule has 4 nitrogen and oxygen atoms in total. The van der Waals surface area contributed by atoms with Gasteiger partial charge in [0, 0.05) is 22.7 Å². The second-order valence-electron chi connectivity index (χ2n) is 4.58. The SMILES string of the molecule is N#Cc1cccc(Cn2cc(CO)c3ccccc32)n1. The van der Waals surface area contributed by atoms with Crippen molar-refractivity contribution < 1.29 is 5.11 Å². The zero-order valence-corrected chi connectivity index (χ0v) is 10.8. The first-order chi connectivity index (χ1) is 9.81. The van der Waals surface area contributed by atoms with E-state index >= 15 is 0 Å². The summed E-state index contributed by atoms with van der Waals surface area (Å²) in [5.74, 6) is 0. The third-order valence-electron chi connectivity index (χ3n) is 3.30. The lowest BCUT2D eigenvalue weighted by molar-refractivity contribution is 0.283. The van der Waals surface area contributed by atoms with Crippen molar-refractivity contribution in [1.82, 2.24) is 9.55 Å². The molecule has 3 rings (SSSR count). The summed E-state index contributed by atoms with van der Waals surface area (Å²) in [7, 11) is 0. The van der Waals surface area contributed by atoms with Gasteiger partial charge >= 0.3 is 0 Å². The highest BCUT2D eigenvalue weighted by Crippen LogP contribution is 2.22. The minimum Gasteiger partial charge on any atom is -0.392 e. The summed E-state index contributed by atoms with van der Waals surface area (Å²) in [6.45, 7) is 0.592. The molecule has 0 saturated carbocycles. The molecule has 0 fully saturated rings. The van der Waals surface area contributed by atoms with Crippen LogP contribution < -0.4 is 0 Å². The van der Waals surface area contributed by atoms with Crippen LogP contribution in [0.4, 0.5) is 0 Å². The summed E-state index contributed by atoms with van der Waals surface area (Å²) >= 11 is 0. The molecule has 0 atom stereocenters. The fraction of sp³-hybridized carbons (Fsp3) is 0.125. The van der Waals surface area contributed by atoms with Gasteiger partial charge in [0.1, 0.15) is 11.8 Å². The largest absolute Gasteiger partial charge is 0.392 e. The molecule has 0 amide bonds. The molecule has 0 aliphatic rings. The molecule has 0 aliphatic heterocycles. The van der Waals surface area contributed by atoms with Crippen molar-refractivity contribution in [2.75, 3.05) is 0 Å². The number of nitrogens with zero attached hydrogens (tertiary/aromatic N) is 3. The number of aliphatic hydroxyl groups excluding tert-OH is 1. The average Bonchev–Trinajstić information content (AvgIpc) is 2.86. The van der Waals surface area contributed by atoms with Crippen LogP contribution in [-0.4, -0.2) is 14.7 Å². The highest BCUT2D eigenvalue weighted by atomic mass is 16.3. The van der Waals surface area contributed by atoms with Gasteiger partial charge in [-0.1, -0.05) is 24.3 Å². The third-order valence-corrected chi connectivity index (χ3v) is 3.30. The summed E-state index contributed by atoms with van der Waals surface area (Å²) in [5, 5.41) is 19.4. The minimum atomic E-state index is 0.0131. The molecule has 0 spiro atoms. The van der Waals surface area contributed by atoms with E-state index < -0.39 is 0 Å². The Balaban J connectivity index is 2.04. The maximum Gasteiger partial charge on any atom is 0.140 e. The number of nitriles is 1. The maximum atomic E-state index is 9.43. The second-order valence-corrected chi connectivity index (χ2v) is 4.58. The van der Waals surface area contributed by atoms with E-state index in [-0.39, 0.29) is 6.61 Å². The lowest BCUT2D eigenvalue weighted by Crippen LogP contribution is -2.01. The van der Waals surface area contributed by atoms with Crippen LogP contribution in [0.25, 0.3) is 10.9 Å². The van der Waals surface area contributed by atoms with Crippen molar-refractivity contribution in [3.63, 3.8) is 0 Å². The quantitative estimate of drug-likeness (QED) is 0.789. The Morgan fingerprint density at radius 2 is 2.00 bits per heavy atom. The molecule has 2 heterocycles. The molecule has 1 N–H and O–H groups in total. The number of aromatic nitrogens is 2. The average molecular weight is 263 g/mol. The fourth-order valence-electron chi connectivity index (χ4n) is 2.38. The van der Waals surface area contributed by atoms with E-state index in [2.05, 4.69) is 4.98 Å². The van der Waals surface area contributed by atoms with Gasteiger partial charge in [-0.05, 0) is 18.2 Å². The van der Waals surface area contributed by atoms with Crippen LogP contribution in [-0.2, 0) is 13.2 Å². The van der Waals surface area contributed by atoms with Gasteiger partial charge in [0.05, 0.1) is 18.8 Å². The van der Waals surface area contributed by atoms with Gasteiger partial charge in [-0.3, -0.25) is 0 Å². The van der Waals surface area contributed by atoms with Crippen molar-refractivity contribution >= 4 is 10.9 Å². The highest BCUT2D eigenvalue weighted by molar-refractivity contribution is 5.83. The summed E-state index contributed by atoms with van der Waals surface area (Å²) < 4.78 is 2.05. The molecule has 0 unspecified atom stereocenters. The zero-order chi connectivity index (χ0) is 13.9. The molecule has 4 heteroatoms. The predicted octanol–water partition coefficient (Wildman–Crippen LogP) is 2.45. The van der Waals surface area contributed by atoms with E-state index in [0.29, 0.717) is 12.2 Å². The number of benzene rings is 1. The van der Waals surface area contributed by atoms with Crippen LogP contribution in [0.3, 0.4) is 0 Å². The fourth-order valence-corrected chi connectivity index (χ4v) is 2.38. The number of para-hydroxylation sites is 1. The Hall–Kier alpha value is -2.64. The normalized spacial score (nSPS) is 10.6. The Labute approximate surface area is 116 Å². The maximum absolute atomic E-state index is 9.43. The van der Waals surface area contributed by atoms with E-state index in [1.807, 2.05) is 53.2 Å². The van der Waals surface area contributed by atoms with Crippen molar-refractivity contribution in [1.29, 1.82) is 5.26 Å². The Bertz CT molecular complexity index is 799. The first-order valence-electron chi connectivity index (χ1n) is 6.35. The monoisotopic (exact) mass is 263 g/mol. The van der Waals surface area contributed by atoms with Gasteiger partial charge in [0.15, 0.2) is 0 Å². The van der Waals surface area contributed by atoms with Crippen molar-refractivity contribution in [3.8, 4) is 6.07 Å². The summed E-state index contributed by atoms with van der Waals surface area (Å²) in [5.41, 5.74) is 3.20. The first kappa shape index (κ1) is 12.4. The van der Waals surface area contributed by atoms with Gasteiger partial charge in [0.25, 0.3) is 0 Å². The zero-order valence-electron chi connectivity index (χ0n) is 10.8. The van der Waals surface area contributed by atoms with E-state index in [1.54, 1.807) is 6.07 Å². The van der Waals surface area contributed by atoms with E-state index in [1.165, 1.54) is 0 Å². The molecule has 0 aliphatic carbocycles. The van der Waals surface area contributed by atoms with E-state index in [9.17, 15) is 5.11 Å². The Morgan fingerprint density at radius 3 is 2.80 bits per heavy atom. The number of rotatable bonds is 3. The molecule has 2 aromatic heterocycles. The summed E-state index contributed by atoms with van der Waals surface area (Å²) in [4.78, 5) is 4.28. The van der Waals surface area contributed by atoms with Crippen molar-refractivity contribution in [2.45, 2.75) is 13.2 Å². The van der Waals surface area contributed by atoms with Gasteiger partial charge in [-0.15, -0.1) is 0 Å². The number of hydrogen-bond donors (Lipinski definition) is 1. The van der Waals surface area contributed by atoms with Gasteiger partial charge in [0.2, 0.25) is 0 Å². The Morgan fingerprint density at radius 1 is 1.15 bits per heavy atom. The Kier molecular flexibility index (Phi) is 3.20. The topological polar surface area (TPSA) is 61.8 Å². The highest BCUT2D eigenvalue weighted by Gasteiger charge is 2.08. The smallest absolute Gasteiger partial charge is 0.140 e. The van der Waals surface area contributed by atoms with Crippen molar-refractivity contribution in [2.24, 2.45) is 0 Å². The summed E-state index contributed by atoms with van der Waals surface area (Å²) in [6.07, 6.45) is 1.94. The minimum absolute atomic E-state index is 0.0131. The molecule has 3 aromatic rings. The first-order valence-corrected chi connectivity index (χ1v) is 6.35. The molecule has 98 valence electrons. The van der Waals surface area contributed by atoms with E-state index in [0.717, 1.165) is 22.2 Å². The lowest BCUT2D eigenvalue weighted by Gasteiger charge is -2.05. The lowest BCUT2D eigenvalue weighted by atomic mass is 10.2. The third kappa shape index (κ3) is 2.15. The molecule has 0 radical (unpaired) electrons. The second kappa shape index (κ2) is 5.16. The summed E-state index contributed by atoms with van der Waals surface area (Å²) in [6, 6.07) is 15.4. The van der Waals surface area contributed by atoms with Crippen LogP contribution in [0.2, 0.25) is 0 Å². The number of fused-ring (bicyclic) bond motifs is 1. The number of pyridine rings is 1. The van der Waals surface area contributed by atoms with Gasteiger partial charge in [-0.2, -0.15) is 5.26 Å². The van der Waals surface area contributed by atoms with Crippen LogP contribution >= 0.6 is 0 Å². The molecule has 1 aromatic carbocycles. The molecule has 20 heavy (non-hydrogen) atoms. The van der Waals surface area contributed by atoms with Gasteiger partial charge < -0.3 is 9.67 Å². The molecular formula is C16H13N3O. The number of aliphatic hydroxyl groups is 1. The molecular weight excluding hydrogens is 250 g/mol. The standard InChI is InChI=1S/C16H13N3O/c17-8-13-4-3-5-14(18-13)10-19-9-12(11-20)15-6-1-2-7-16(15)19/h1-7,9,20H,10-11H2. The van der Waals surface area contributed by atoms with Crippen LogP contribution in [0.15, 0.2) is 48.7 Å². The van der Waals surface area contributed by atoms with E-state index in [4.69, 9.17) is 5.26 Å². The molecule has 0 saturated heterocycles. The van der Waals surface area contributed by atoms with Crippen LogP contribution in [0.1, 0.15) is 17.0 Å². The number of hydrogen-bond acceptors (Lipinski definition) is 3. The van der Waals surface area contributed by atoms with Gasteiger partial charge in [-0.25, -0.2) is 4.98 Å². The van der Waals surface area contributed by atoms with Crippen molar-refractivity contribution in [3.05, 3.63) is 65.6 Å². The van der Waals surface area contributed by atoms with Crippen LogP contribution in [0, 0.1) is 11.3 Å². The van der Waals surface area contributed by atoms with Crippen LogP contribution in [0.5, 0.6) is 0 Å².